The summed E-state index contributed by atoms with van der Waals surface area (Å²) in [7, 11) is 3.58. The lowest BCUT2D eigenvalue weighted by Gasteiger charge is -2.21. The number of nitrogens with zero attached hydrogens (tertiary/aromatic N) is 2. The van der Waals surface area contributed by atoms with Crippen LogP contribution in [0, 0.1) is 12.8 Å². The van der Waals surface area contributed by atoms with Crippen molar-refractivity contribution in [1.29, 1.82) is 0 Å². The maximum atomic E-state index is 12.8. The third kappa shape index (κ3) is 8.06. The van der Waals surface area contributed by atoms with E-state index in [1.54, 1.807) is 18.1 Å². The molecule has 10 heteroatoms. The molecule has 1 N–H and O–H groups in total. The number of methoxy groups -OCH3 is 1. The fraction of sp³-hybridized carbons (Fsp3) is 0.429. The molecule has 1 heterocycles. The predicted molar refractivity (Wildman–Crippen MR) is 139 cm³/mol. The van der Waals surface area contributed by atoms with Gasteiger partial charge in [0.2, 0.25) is 0 Å². The van der Waals surface area contributed by atoms with E-state index in [4.69, 9.17) is 4.74 Å². The van der Waals surface area contributed by atoms with E-state index in [2.05, 4.69) is 27.6 Å². The minimum Gasteiger partial charge on any atom is -0.406 e. The second kappa shape index (κ2) is 12.9. The van der Waals surface area contributed by atoms with Crippen LogP contribution in [-0.2, 0) is 4.74 Å². The van der Waals surface area contributed by atoms with Gasteiger partial charge in [0.1, 0.15) is 5.75 Å². The van der Waals surface area contributed by atoms with Crippen LogP contribution in [0.1, 0.15) is 32.7 Å². The quantitative estimate of drug-likeness (QED) is 0.476. The summed E-state index contributed by atoms with van der Waals surface area (Å²) in [5.74, 6) is -0.452. The lowest BCUT2D eigenvalue weighted by atomic mass is 10.0. The molecule has 0 saturated carbocycles. The summed E-state index contributed by atoms with van der Waals surface area (Å²) in [4.78, 5) is 29.3. The average Bonchev–Trinajstić information content (AvgIpc) is 3.31. The molecule has 1 fully saturated rings. The first-order valence-corrected chi connectivity index (χ1v) is 12.4. The molecule has 0 spiro atoms. The number of hydrogen-bond donors (Lipinski definition) is 1. The highest BCUT2D eigenvalue weighted by Crippen LogP contribution is 2.24. The fourth-order valence-corrected chi connectivity index (χ4v) is 4.59. The standard InChI is InChI=1S/C28H34F3N3O4/c1-19-5-10-25(26(35)32-13-16-37-4)20(2)24(19)12-14-33(3)17-21-11-15-34(18-21)27(36)22-6-8-23(9-7-22)38-28(29,30)31/h5-10,12,21H,1,11,13-18H2,2-4H3,(H,32,35)/b24-12+. The SMILES string of the molecule is C=c1ccc(C(=O)NCCOC)c(C)/c1=C/CN(C)CC1CCN(C(=O)c2ccc(OC(F)(F)F)cc2)C1. The number of benzene rings is 2. The zero-order chi connectivity index (χ0) is 27.9. The summed E-state index contributed by atoms with van der Waals surface area (Å²) < 4.78 is 45.9. The molecule has 7 nitrogen and oxygen atoms in total. The highest BCUT2D eigenvalue weighted by molar-refractivity contribution is 5.95. The molecular weight excluding hydrogens is 499 g/mol. The Bertz CT molecular complexity index is 1230. The maximum absolute atomic E-state index is 12.8. The Hall–Kier alpha value is -3.37. The summed E-state index contributed by atoms with van der Waals surface area (Å²) in [6, 6.07) is 8.61. The van der Waals surface area contributed by atoms with Crippen LogP contribution in [-0.4, -0.2) is 81.5 Å². The van der Waals surface area contributed by atoms with Gasteiger partial charge in [0.25, 0.3) is 11.8 Å². The number of likely N-dealkylation sites (tertiary alicyclic amines) is 1. The van der Waals surface area contributed by atoms with Crippen molar-refractivity contribution in [2.45, 2.75) is 19.7 Å². The van der Waals surface area contributed by atoms with Crippen molar-refractivity contribution in [1.82, 2.24) is 15.1 Å². The van der Waals surface area contributed by atoms with Crippen LogP contribution >= 0.6 is 0 Å². The third-order valence-electron chi connectivity index (χ3n) is 6.53. The number of hydrogen-bond acceptors (Lipinski definition) is 5. The molecule has 2 amide bonds. The van der Waals surface area contributed by atoms with E-state index in [1.165, 1.54) is 12.1 Å². The zero-order valence-electron chi connectivity index (χ0n) is 21.9. The lowest BCUT2D eigenvalue weighted by Crippen LogP contribution is -2.35. The third-order valence-corrected chi connectivity index (χ3v) is 6.53. The second-order valence-corrected chi connectivity index (χ2v) is 9.46. The number of amides is 2. The van der Waals surface area contributed by atoms with Crippen LogP contribution in [0.2, 0.25) is 0 Å². The van der Waals surface area contributed by atoms with Crippen LogP contribution in [0.15, 0.2) is 36.4 Å². The Morgan fingerprint density at radius 3 is 2.58 bits per heavy atom. The molecule has 0 bridgehead atoms. The van der Waals surface area contributed by atoms with Crippen LogP contribution in [0.3, 0.4) is 0 Å². The van der Waals surface area contributed by atoms with E-state index < -0.39 is 6.36 Å². The fourth-order valence-electron chi connectivity index (χ4n) is 4.59. The molecule has 206 valence electrons. The molecule has 1 unspecified atom stereocenters. The van der Waals surface area contributed by atoms with Crippen molar-refractivity contribution < 1.29 is 32.2 Å². The molecule has 1 aliphatic rings. The molecule has 1 atom stereocenters. The van der Waals surface area contributed by atoms with E-state index in [1.807, 2.05) is 20.0 Å². The van der Waals surface area contributed by atoms with E-state index in [-0.39, 0.29) is 23.5 Å². The Balaban J connectivity index is 1.57. The smallest absolute Gasteiger partial charge is 0.406 e. The van der Waals surface area contributed by atoms with Crippen molar-refractivity contribution in [3.8, 4) is 5.75 Å². The topological polar surface area (TPSA) is 71.1 Å². The molecule has 0 aliphatic carbocycles. The Morgan fingerprint density at radius 1 is 1.21 bits per heavy atom. The zero-order valence-corrected chi connectivity index (χ0v) is 21.9. The van der Waals surface area contributed by atoms with Gasteiger partial charge >= 0.3 is 6.36 Å². The largest absolute Gasteiger partial charge is 0.573 e. The summed E-state index contributed by atoms with van der Waals surface area (Å²) in [5.41, 5.74) is 1.79. The van der Waals surface area contributed by atoms with Gasteiger partial charge in [-0.15, -0.1) is 13.2 Å². The van der Waals surface area contributed by atoms with Gasteiger partial charge in [-0.2, -0.15) is 0 Å². The van der Waals surface area contributed by atoms with Crippen molar-refractivity contribution in [2.24, 2.45) is 5.92 Å². The van der Waals surface area contributed by atoms with Gasteiger partial charge in [0.05, 0.1) is 6.61 Å². The first-order valence-electron chi connectivity index (χ1n) is 12.4. The number of rotatable bonds is 10. The molecule has 1 saturated heterocycles. The van der Waals surface area contributed by atoms with Crippen molar-refractivity contribution in [3.63, 3.8) is 0 Å². The van der Waals surface area contributed by atoms with E-state index in [0.29, 0.717) is 43.9 Å². The summed E-state index contributed by atoms with van der Waals surface area (Å²) in [6.07, 6.45) is -1.87. The van der Waals surface area contributed by atoms with Gasteiger partial charge in [0.15, 0.2) is 0 Å². The minimum absolute atomic E-state index is 0.152. The highest BCUT2D eigenvalue weighted by atomic mass is 19.4. The normalized spacial score (nSPS) is 16.2. The first kappa shape index (κ1) is 29.2. The highest BCUT2D eigenvalue weighted by Gasteiger charge is 2.31. The number of ether oxygens (including phenoxy) is 2. The van der Waals surface area contributed by atoms with Gasteiger partial charge in [-0.3, -0.25) is 9.59 Å². The molecule has 3 rings (SSSR count). The molecule has 0 radical (unpaired) electrons. The van der Waals surface area contributed by atoms with E-state index >= 15 is 0 Å². The number of alkyl halides is 3. The van der Waals surface area contributed by atoms with Gasteiger partial charge in [-0.1, -0.05) is 18.7 Å². The molecule has 38 heavy (non-hydrogen) atoms. The lowest BCUT2D eigenvalue weighted by molar-refractivity contribution is -0.274. The number of carbonyl (C=O) groups is 2. The summed E-state index contributed by atoms with van der Waals surface area (Å²) in [5, 5.41) is 4.61. The van der Waals surface area contributed by atoms with Crippen LogP contribution in [0.25, 0.3) is 12.7 Å². The molecule has 2 aromatic rings. The van der Waals surface area contributed by atoms with Crippen LogP contribution in [0.4, 0.5) is 13.2 Å². The van der Waals surface area contributed by atoms with Gasteiger partial charge in [-0.25, -0.2) is 0 Å². The van der Waals surface area contributed by atoms with E-state index in [0.717, 1.165) is 41.1 Å². The number of carbonyl (C=O) groups excluding carboxylic acids is 2. The second-order valence-electron chi connectivity index (χ2n) is 9.46. The maximum Gasteiger partial charge on any atom is 0.573 e. The van der Waals surface area contributed by atoms with Crippen LogP contribution < -0.4 is 20.5 Å². The monoisotopic (exact) mass is 533 g/mol. The van der Waals surface area contributed by atoms with Gasteiger partial charge in [-0.05, 0) is 72.6 Å². The molecule has 2 aromatic carbocycles. The van der Waals surface area contributed by atoms with Gasteiger partial charge < -0.3 is 24.6 Å². The first-order chi connectivity index (χ1) is 18.0. The van der Waals surface area contributed by atoms with Crippen molar-refractivity contribution >= 4 is 24.5 Å². The van der Waals surface area contributed by atoms with Gasteiger partial charge in [0, 0.05) is 51.0 Å². The Labute approximate surface area is 220 Å². The molecule has 0 aromatic heterocycles. The number of halogens is 3. The molecular formula is C28H34F3N3O4. The van der Waals surface area contributed by atoms with Crippen molar-refractivity contribution in [2.75, 3.05) is 53.5 Å². The minimum atomic E-state index is -4.77. The van der Waals surface area contributed by atoms with E-state index in [9.17, 15) is 22.8 Å². The molecule has 1 aliphatic heterocycles. The average molecular weight is 534 g/mol. The van der Waals surface area contributed by atoms with Crippen LogP contribution in [0.5, 0.6) is 5.75 Å². The predicted octanol–water partition coefficient (Wildman–Crippen LogP) is 2.55. The van der Waals surface area contributed by atoms with Crippen molar-refractivity contribution in [3.05, 3.63) is 63.5 Å². The Kier molecular flexibility index (Phi) is 9.93. The number of nitrogens with one attached hydrogen (secondary N) is 1. The Morgan fingerprint density at radius 2 is 1.92 bits per heavy atom. The summed E-state index contributed by atoms with van der Waals surface area (Å²) in [6.45, 7) is 9.46. The summed E-state index contributed by atoms with van der Waals surface area (Å²) >= 11 is 0.